The van der Waals surface area contributed by atoms with Gasteiger partial charge >= 0.3 is 0 Å². The van der Waals surface area contributed by atoms with E-state index in [1.54, 1.807) is 17.0 Å². The van der Waals surface area contributed by atoms with Gasteiger partial charge in [0.15, 0.2) is 0 Å². The minimum Gasteiger partial charge on any atom is -0.311 e. The second-order valence-electron chi connectivity index (χ2n) is 4.15. The van der Waals surface area contributed by atoms with Gasteiger partial charge < -0.3 is 4.90 Å². The molecule has 1 atom stereocenters. The van der Waals surface area contributed by atoms with Crippen molar-refractivity contribution in [2.75, 3.05) is 11.4 Å². The van der Waals surface area contributed by atoms with Crippen molar-refractivity contribution < 1.29 is 9.59 Å². The quantitative estimate of drug-likeness (QED) is 0.758. The van der Waals surface area contributed by atoms with Crippen molar-refractivity contribution in [1.82, 2.24) is 0 Å². The first kappa shape index (κ1) is 12.1. The molecule has 1 heterocycles. The number of hydrogen-bond donors (Lipinski definition) is 0. The lowest BCUT2D eigenvalue weighted by molar-refractivity contribution is -0.134. The lowest BCUT2D eigenvalue weighted by Crippen LogP contribution is -2.45. The zero-order valence-corrected chi connectivity index (χ0v) is 10.4. The number of hydrogen-bond acceptors (Lipinski definition) is 2. The van der Waals surface area contributed by atoms with Crippen molar-refractivity contribution in [3.05, 3.63) is 29.3 Å². The van der Waals surface area contributed by atoms with Crippen molar-refractivity contribution >= 4 is 29.0 Å². The smallest absolute Gasteiger partial charge is 0.237 e. The molecule has 1 amide bonds. The maximum Gasteiger partial charge on any atom is 0.237 e. The minimum absolute atomic E-state index is 0.0516. The molecular weight excluding hydrogens is 238 g/mol. The summed E-state index contributed by atoms with van der Waals surface area (Å²) in [5, 5.41) is 0.597. The molecule has 2 rings (SSSR count). The summed E-state index contributed by atoms with van der Waals surface area (Å²) in [7, 11) is 0. The summed E-state index contributed by atoms with van der Waals surface area (Å²) in [5.41, 5.74) is 0.772. The Hall–Kier alpha value is -1.35. The van der Waals surface area contributed by atoms with E-state index in [9.17, 15) is 9.59 Å². The first-order valence-corrected chi connectivity index (χ1v) is 6.11. The number of amides is 1. The maximum atomic E-state index is 12.1. The lowest BCUT2D eigenvalue weighted by atomic mass is 9.93. The number of nitrogens with zero attached hydrogens (tertiary/aromatic N) is 1. The number of benzene rings is 1. The highest BCUT2D eigenvalue weighted by molar-refractivity contribution is 6.31. The van der Waals surface area contributed by atoms with Gasteiger partial charge in [-0.1, -0.05) is 24.6 Å². The van der Waals surface area contributed by atoms with Crippen LogP contribution in [0.25, 0.3) is 0 Å². The van der Waals surface area contributed by atoms with E-state index in [2.05, 4.69) is 0 Å². The van der Waals surface area contributed by atoms with E-state index in [1.165, 1.54) is 0 Å². The third-order valence-electron chi connectivity index (χ3n) is 3.06. The number of halogens is 1. The minimum atomic E-state index is -0.484. The van der Waals surface area contributed by atoms with E-state index in [1.807, 2.05) is 19.1 Å². The van der Waals surface area contributed by atoms with Crippen LogP contribution in [-0.2, 0) is 9.59 Å². The molecule has 0 radical (unpaired) electrons. The average molecular weight is 252 g/mol. The zero-order valence-electron chi connectivity index (χ0n) is 9.65. The molecule has 4 heteroatoms. The summed E-state index contributed by atoms with van der Waals surface area (Å²) >= 11 is 5.91. The van der Waals surface area contributed by atoms with Crippen LogP contribution < -0.4 is 4.90 Å². The van der Waals surface area contributed by atoms with Crippen LogP contribution in [0.5, 0.6) is 0 Å². The summed E-state index contributed by atoms with van der Waals surface area (Å²) in [4.78, 5) is 25.4. The van der Waals surface area contributed by atoms with E-state index in [4.69, 9.17) is 11.6 Å². The second-order valence-corrected chi connectivity index (χ2v) is 4.58. The first-order chi connectivity index (χ1) is 8.13. The first-order valence-electron chi connectivity index (χ1n) is 5.73. The number of piperidine rings is 1. The van der Waals surface area contributed by atoms with Crippen molar-refractivity contribution in [3.8, 4) is 0 Å². The molecule has 0 aliphatic carbocycles. The summed E-state index contributed by atoms with van der Waals surface area (Å²) in [5.74, 6) is -0.537. The molecule has 17 heavy (non-hydrogen) atoms. The van der Waals surface area contributed by atoms with Crippen molar-refractivity contribution in [2.24, 2.45) is 5.92 Å². The Morgan fingerprint density at radius 2 is 2.18 bits per heavy atom. The zero-order chi connectivity index (χ0) is 12.4. The third kappa shape index (κ3) is 2.34. The van der Waals surface area contributed by atoms with E-state index in [-0.39, 0.29) is 11.7 Å². The van der Waals surface area contributed by atoms with Gasteiger partial charge in [0.25, 0.3) is 0 Å². The summed E-state index contributed by atoms with van der Waals surface area (Å²) in [6.07, 6.45) is 0.992. The number of Topliss-reactive ketones (excluding diaryl/α,β-unsaturated/α-hetero) is 1. The maximum absolute atomic E-state index is 12.1. The fourth-order valence-corrected chi connectivity index (χ4v) is 2.32. The van der Waals surface area contributed by atoms with E-state index >= 15 is 0 Å². The molecule has 0 aromatic heterocycles. The van der Waals surface area contributed by atoms with E-state index in [0.29, 0.717) is 24.4 Å². The van der Waals surface area contributed by atoms with Crippen molar-refractivity contribution in [1.29, 1.82) is 0 Å². The number of rotatable bonds is 2. The van der Waals surface area contributed by atoms with Gasteiger partial charge in [0.2, 0.25) is 5.91 Å². The van der Waals surface area contributed by atoms with Crippen LogP contribution >= 0.6 is 11.6 Å². The monoisotopic (exact) mass is 251 g/mol. The fraction of sp³-hybridized carbons (Fsp3) is 0.385. The molecule has 90 valence electrons. The van der Waals surface area contributed by atoms with Crippen LogP contribution in [-0.4, -0.2) is 18.2 Å². The van der Waals surface area contributed by atoms with Crippen LogP contribution in [0.4, 0.5) is 5.69 Å². The van der Waals surface area contributed by atoms with Crippen LogP contribution in [0.3, 0.4) is 0 Å². The van der Waals surface area contributed by atoms with E-state index in [0.717, 1.165) is 5.69 Å². The van der Waals surface area contributed by atoms with Gasteiger partial charge in [0.1, 0.15) is 5.78 Å². The third-order valence-corrected chi connectivity index (χ3v) is 3.30. The van der Waals surface area contributed by atoms with Crippen LogP contribution in [0, 0.1) is 5.92 Å². The topological polar surface area (TPSA) is 37.4 Å². The van der Waals surface area contributed by atoms with E-state index < -0.39 is 5.92 Å². The van der Waals surface area contributed by atoms with Gasteiger partial charge in [-0.25, -0.2) is 0 Å². The second kappa shape index (κ2) is 4.88. The standard InChI is InChI=1S/C13H14ClNO2/c1-2-11-12(16)6-7-15(13(11)17)10-5-3-4-9(14)8-10/h3-5,8,11H,2,6-7H2,1H3. The van der Waals surface area contributed by atoms with Gasteiger partial charge in [-0.15, -0.1) is 0 Å². The van der Waals surface area contributed by atoms with Gasteiger partial charge in [0.05, 0.1) is 5.92 Å². The highest BCUT2D eigenvalue weighted by atomic mass is 35.5. The van der Waals surface area contributed by atoms with Crippen molar-refractivity contribution in [3.63, 3.8) is 0 Å². The predicted molar refractivity (Wildman–Crippen MR) is 67.2 cm³/mol. The SMILES string of the molecule is CCC1C(=O)CCN(c2cccc(Cl)c2)C1=O. The van der Waals surface area contributed by atoms with Gasteiger partial charge in [-0.2, -0.15) is 0 Å². The number of carbonyl (C=O) groups excluding carboxylic acids is 2. The Labute approximate surface area is 105 Å². The Balaban J connectivity index is 2.28. The van der Waals surface area contributed by atoms with Gasteiger partial charge in [0, 0.05) is 23.7 Å². The molecular formula is C13H14ClNO2. The molecule has 0 N–H and O–H groups in total. The summed E-state index contributed by atoms with van der Waals surface area (Å²) in [6, 6.07) is 7.17. The predicted octanol–water partition coefficient (Wildman–Crippen LogP) is 2.67. The molecule has 0 saturated carbocycles. The van der Waals surface area contributed by atoms with Crippen LogP contribution in [0.1, 0.15) is 19.8 Å². The molecule has 1 aromatic carbocycles. The highest BCUT2D eigenvalue weighted by Crippen LogP contribution is 2.26. The Morgan fingerprint density at radius 1 is 1.41 bits per heavy atom. The molecule has 1 aliphatic rings. The molecule has 1 saturated heterocycles. The molecule has 3 nitrogen and oxygen atoms in total. The Kier molecular flexibility index (Phi) is 3.48. The molecule has 0 bridgehead atoms. The number of anilines is 1. The van der Waals surface area contributed by atoms with Crippen LogP contribution in [0.15, 0.2) is 24.3 Å². The van der Waals surface area contributed by atoms with Gasteiger partial charge in [-0.3, -0.25) is 9.59 Å². The van der Waals surface area contributed by atoms with Crippen molar-refractivity contribution in [2.45, 2.75) is 19.8 Å². The molecule has 1 unspecified atom stereocenters. The molecule has 1 aliphatic heterocycles. The van der Waals surface area contributed by atoms with Crippen LogP contribution in [0.2, 0.25) is 5.02 Å². The molecule has 1 aromatic rings. The molecule has 1 fully saturated rings. The van der Waals surface area contributed by atoms with Gasteiger partial charge in [-0.05, 0) is 24.6 Å². The lowest BCUT2D eigenvalue weighted by Gasteiger charge is -2.31. The highest BCUT2D eigenvalue weighted by Gasteiger charge is 2.34. The normalized spacial score (nSPS) is 20.8. The summed E-state index contributed by atoms with van der Waals surface area (Å²) in [6.45, 7) is 2.32. The summed E-state index contributed by atoms with van der Waals surface area (Å²) < 4.78 is 0. The average Bonchev–Trinajstić information content (AvgIpc) is 2.29. The number of ketones is 1. The number of carbonyl (C=O) groups is 2. The molecule has 0 spiro atoms. The Morgan fingerprint density at radius 3 is 2.82 bits per heavy atom. The largest absolute Gasteiger partial charge is 0.311 e. The Bertz CT molecular complexity index is 458. The fourth-order valence-electron chi connectivity index (χ4n) is 2.13.